The summed E-state index contributed by atoms with van der Waals surface area (Å²) < 4.78 is 0. The Balaban J connectivity index is 1.96. The Bertz CT molecular complexity index is 117. The second-order valence-electron chi connectivity index (χ2n) is 3.65. The first-order chi connectivity index (χ1) is 4.77. The highest BCUT2D eigenvalue weighted by Gasteiger charge is 2.39. The van der Waals surface area contributed by atoms with Gasteiger partial charge in [0.25, 0.3) is 0 Å². The number of fused-ring (bicyclic) bond motifs is 1. The third-order valence-corrected chi connectivity index (χ3v) is 4.05. The maximum atomic E-state index is 9.45. The summed E-state index contributed by atoms with van der Waals surface area (Å²) >= 11 is 3.51. The highest BCUT2D eigenvalue weighted by Crippen LogP contribution is 2.46. The molecule has 2 aliphatic carbocycles. The molecular formula is C8H13BrO. The summed E-state index contributed by atoms with van der Waals surface area (Å²) in [5, 5.41) is 9.45. The van der Waals surface area contributed by atoms with Crippen LogP contribution in [0.3, 0.4) is 0 Å². The van der Waals surface area contributed by atoms with Gasteiger partial charge >= 0.3 is 0 Å². The maximum Gasteiger partial charge on any atom is 0.0668 e. The van der Waals surface area contributed by atoms with E-state index in [-0.39, 0.29) is 6.10 Å². The standard InChI is InChI=1S/C8H13BrO/c9-7-3-5-1-2-6(5)4-8(7)10/h5-8,10H,1-4H2/t5?,6?,7-,8-/m0/s1. The summed E-state index contributed by atoms with van der Waals surface area (Å²) in [4.78, 5) is 0.383. The second kappa shape index (κ2) is 2.49. The van der Waals surface area contributed by atoms with Crippen LogP contribution in [0.5, 0.6) is 0 Å². The van der Waals surface area contributed by atoms with Crippen LogP contribution in [0.1, 0.15) is 25.7 Å². The van der Waals surface area contributed by atoms with Gasteiger partial charge in [0.2, 0.25) is 0 Å². The molecular weight excluding hydrogens is 192 g/mol. The first-order valence-corrected chi connectivity index (χ1v) is 5.01. The molecule has 2 heteroatoms. The van der Waals surface area contributed by atoms with E-state index in [1.807, 2.05) is 0 Å². The van der Waals surface area contributed by atoms with E-state index >= 15 is 0 Å². The van der Waals surface area contributed by atoms with Crippen molar-refractivity contribution in [3.05, 3.63) is 0 Å². The van der Waals surface area contributed by atoms with Crippen molar-refractivity contribution in [1.29, 1.82) is 0 Å². The van der Waals surface area contributed by atoms with Gasteiger partial charge in [0.15, 0.2) is 0 Å². The van der Waals surface area contributed by atoms with Crippen molar-refractivity contribution in [3.8, 4) is 0 Å². The number of rotatable bonds is 0. The zero-order valence-electron chi connectivity index (χ0n) is 5.96. The van der Waals surface area contributed by atoms with Crippen molar-refractivity contribution in [2.75, 3.05) is 0 Å². The lowest BCUT2D eigenvalue weighted by atomic mass is 9.65. The molecule has 58 valence electrons. The molecule has 1 N–H and O–H groups in total. The van der Waals surface area contributed by atoms with Crippen LogP contribution < -0.4 is 0 Å². The number of hydrogen-bond acceptors (Lipinski definition) is 1. The fourth-order valence-electron chi connectivity index (χ4n) is 2.16. The van der Waals surface area contributed by atoms with Gasteiger partial charge in [-0.15, -0.1) is 0 Å². The van der Waals surface area contributed by atoms with Gasteiger partial charge in [-0.1, -0.05) is 15.9 Å². The summed E-state index contributed by atoms with van der Waals surface area (Å²) in [6.07, 6.45) is 4.94. The van der Waals surface area contributed by atoms with E-state index in [1.54, 1.807) is 0 Å². The van der Waals surface area contributed by atoms with E-state index in [4.69, 9.17) is 0 Å². The second-order valence-corrected chi connectivity index (χ2v) is 4.83. The van der Waals surface area contributed by atoms with Crippen molar-refractivity contribution in [2.24, 2.45) is 11.8 Å². The number of aliphatic hydroxyl groups excluding tert-OH is 1. The van der Waals surface area contributed by atoms with Gasteiger partial charge in [0.1, 0.15) is 0 Å². The van der Waals surface area contributed by atoms with Crippen molar-refractivity contribution in [1.82, 2.24) is 0 Å². The van der Waals surface area contributed by atoms with Crippen molar-refractivity contribution in [3.63, 3.8) is 0 Å². The topological polar surface area (TPSA) is 20.2 Å². The Morgan fingerprint density at radius 3 is 2.20 bits per heavy atom. The van der Waals surface area contributed by atoms with Crippen LogP contribution in [-0.2, 0) is 0 Å². The minimum absolute atomic E-state index is 0.0680. The molecule has 2 unspecified atom stereocenters. The summed E-state index contributed by atoms with van der Waals surface area (Å²) in [6.45, 7) is 0. The van der Waals surface area contributed by atoms with Crippen LogP contribution >= 0.6 is 15.9 Å². The van der Waals surface area contributed by atoms with E-state index in [2.05, 4.69) is 15.9 Å². The molecule has 0 radical (unpaired) electrons. The Morgan fingerprint density at radius 1 is 1.10 bits per heavy atom. The Labute approximate surface area is 69.9 Å². The molecule has 1 nitrogen and oxygen atoms in total. The van der Waals surface area contributed by atoms with E-state index in [1.165, 1.54) is 19.3 Å². The van der Waals surface area contributed by atoms with Gasteiger partial charge in [-0.05, 0) is 37.5 Å². The molecule has 0 spiro atoms. The van der Waals surface area contributed by atoms with Gasteiger partial charge in [-0.25, -0.2) is 0 Å². The molecule has 0 aromatic rings. The van der Waals surface area contributed by atoms with E-state index < -0.39 is 0 Å². The fraction of sp³-hybridized carbons (Fsp3) is 1.00. The third kappa shape index (κ3) is 1.02. The van der Waals surface area contributed by atoms with Crippen molar-refractivity contribution < 1.29 is 5.11 Å². The molecule has 10 heavy (non-hydrogen) atoms. The van der Waals surface area contributed by atoms with Gasteiger partial charge in [-0.2, -0.15) is 0 Å². The monoisotopic (exact) mass is 204 g/mol. The van der Waals surface area contributed by atoms with Gasteiger partial charge in [-0.3, -0.25) is 0 Å². The molecule has 2 fully saturated rings. The highest BCUT2D eigenvalue weighted by molar-refractivity contribution is 9.09. The zero-order chi connectivity index (χ0) is 7.14. The summed E-state index contributed by atoms with van der Waals surface area (Å²) in [7, 11) is 0. The molecule has 0 aliphatic heterocycles. The Morgan fingerprint density at radius 2 is 1.70 bits per heavy atom. The summed E-state index contributed by atoms with van der Waals surface area (Å²) in [5.74, 6) is 1.80. The van der Waals surface area contributed by atoms with E-state index in [9.17, 15) is 5.11 Å². The highest BCUT2D eigenvalue weighted by atomic mass is 79.9. The molecule has 2 rings (SSSR count). The third-order valence-electron chi connectivity index (χ3n) is 3.06. The van der Waals surface area contributed by atoms with Crippen LogP contribution in [0.4, 0.5) is 0 Å². The van der Waals surface area contributed by atoms with Crippen LogP contribution in [0, 0.1) is 11.8 Å². The SMILES string of the molecule is O[C@H]1CC2CCC2C[C@@H]1Br. The number of alkyl halides is 1. The van der Waals surface area contributed by atoms with Crippen molar-refractivity contribution in [2.45, 2.75) is 36.6 Å². The van der Waals surface area contributed by atoms with Crippen LogP contribution in [0.15, 0.2) is 0 Å². The summed E-state index contributed by atoms with van der Waals surface area (Å²) in [6, 6.07) is 0. The number of aliphatic hydroxyl groups is 1. The lowest BCUT2D eigenvalue weighted by molar-refractivity contribution is 0.0257. The average molecular weight is 205 g/mol. The molecule has 0 saturated heterocycles. The minimum atomic E-state index is -0.0680. The smallest absolute Gasteiger partial charge is 0.0668 e. The molecule has 2 aliphatic rings. The Kier molecular flexibility index (Phi) is 1.77. The lowest BCUT2D eigenvalue weighted by Crippen LogP contribution is -2.40. The number of halogens is 1. The normalized spacial score (nSPS) is 53.4. The first-order valence-electron chi connectivity index (χ1n) is 4.09. The molecule has 4 atom stereocenters. The molecule has 0 bridgehead atoms. The zero-order valence-corrected chi connectivity index (χ0v) is 7.55. The van der Waals surface area contributed by atoms with Crippen LogP contribution in [0.2, 0.25) is 0 Å². The van der Waals surface area contributed by atoms with E-state index in [0.717, 1.165) is 18.3 Å². The van der Waals surface area contributed by atoms with Crippen LogP contribution in [-0.4, -0.2) is 16.0 Å². The minimum Gasteiger partial charge on any atom is -0.392 e. The number of hydrogen-bond donors (Lipinski definition) is 1. The summed E-state index contributed by atoms with van der Waals surface area (Å²) in [5.41, 5.74) is 0. The predicted octanol–water partition coefficient (Wildman–Crippen LogP) is 1.93. The van der Waals surface area contributed by atoms with Gasteiger partial charge in [0, 0.05) is 4.83 Å². The van der Waals surface area contributed by atoms with E-state index in [0.29, 0.717) is 4.83 Å². The van der Waals surface area contributed by atoms with Crippen LogP contribution in [0.25, 0.3) is 0 Å². The molecule has 0 heterocycles. The molecule has 0 amide bonds. The molecule has 2 saturated carbocycles. The average Bonchev–Trinajstić information content (AvgIpc) is 1.89. The quantitative estimate of drug-likeness (QED) is 0.599. The fourth-order valence-corrected chi connectivity index (χ4v) is 2.86. The Hall–Kier alpha value is 0.440. The lowest BCUT2D eigenvalue weighted by Gasteiger charge is -2.44. The van der Waals surface area contributed by atoms with Crippen molar-refractivity contribution >= 4 is 15.9 Å². The first kappa shape index (κ1) is 7.11. The maximum absolute atomic E-state index is 9.45. The molecule has 0 aromatic carbocycles. The molecule has 0 aromatic heterocycles. The van der Waals surface area contributed by atoms with Gasteiger partial charge < -0.3 is 5.11 Å². The van der Waals surface area contributed by atoms with Gasteiger partial charge in [0.05, 0.1) is 6.10 Å². The predicted molar refractivity (Wildman–Crippen MR) is 44.2 cm³/mol. The largest absolute Gasteiger partial charge is 0.392 e.